The van der Waals surface area contributed by atoms with Crippen molar-refractivity contribution in [1.29, 1.82) is 15.8 Å². The van der Waals surface area contributed by atoms with Gasteiger partial charge in [0.25, 0.3) is 0 Å². The largest absolute Gasteiger partial charge is 0.416 e. The normalized spacial score (nSPS) is 11.5. The summed E-state index contributed by atoms with van der Waals surface area (Å²) in [6, 6.07) is 56.1. The van der Waals surface area contributed by atoms with Crippen LogP contribution in [-0.4, -0.2) is 19.5 Å². The lowest BCUT2D eigenvalue weighted by molar-refractivity contribution is -0.138. The Morgan fingerprint density at radius 3 is 1.33 bits per heavy atom. The Labute approximate surface area is 448 Å². The quantitative estimate of drug-likeness (QED) is 0.110. The first-order valence-electron chi connectivity index (χ1n) is 24.4. The molecule has 0 atom stereocenters. The minimum atomic E-state index is -4.66. The Kier molecular flexibility index (Phi) is 12.7. The fraction of sp³-hybridized carbons (Fsp3) is 0.0615. The van der Waals surface area contributed by atoms with E-state index in [1.54, 1.807) is 98.8 Å². The van der Waals surface area contributed by atoms with Gasteiger partial charge in [0.2, 0.25) is 0 Å². The van der Waals surface area contributed by atoms with Crippen molar-refractivity contribution in [3.8, 4) is 103 Å². The molecule has 0 N–H and O–H groups in total. The van der Waals surface area contributed by atoms with Crippen molar-refractivity contribution in [3.63, 3.8) is 0 Å². The van der Waals surface area contributed by atoms with Gasteiger partial charge in [0, 0.05) is 49.7 Å². The molecule has 0 fully saturated rings. The van der Waals surface area contributed by atoms with Crippen LogP contribution in [0.3, 0.4) is 0 Å². The zero-order valence-corrected chi connectivity index (χ0v) is 41.7. The molecular weight excluding hydrogens is 1010 g/mol. The zero-order chi connectivity index (χ0) is 55.3. The Morgan fingerprint density at radius 1 is 0.430 bits per heavy atom. The molecule has 9 aromatic carbocycles. The van der Waals surface area contributed by atoms with Gasteiger partial charge < -0.3 is 4.57 Å². The van der Waals surface area contributed by atoms with E-state index in [-0.39, 0.29) is 39.3 Å². The molecule has 0 aliphatic rings. The Balaban J connectivity index is 1.31. The highest BCUT2D eigenvalue weighted by molar-refractivity contribution is 6.13. The molecule has 8 nitrogen and oxygen atoms in total. The van der Waals surface area contributed by atoms with Crippen LogP contribution in [0.1, 0.15) is 38.9 Å². The first-order valence-corrected chi connectivity index (χ1v) is 24.4. The van der Waals surface area contributed by atoms with Crippen molar-refractivity contribution < 1.29 is 26.3 Å². The van der Waals surface area contributed by atoms with Gasteiger partial charge in [0.1, 0.15) is 0 Å². The van der Waals surface area contributed by atoms with Crippen molar-refractivity contribution in [2.45, 2.75) is 26.2 Å². The minimum Gasteiger partial charge on any atom is -0.308 e. The fourth-order valence-corrected chi connectivity index (χ4v) is 10.1. The van der Waals surface area contributed by atoms with Crippen LogP contribution in [0.5, 0.6) is 0 Å². The first kappa shape index (κ1) is 50.5. The number of hydrogen-bond acceptors (Lipinski definition) is 6. The molecule has 0 spiro atoms. The standard InChI is InChI=1S/C65H36F6N8/c1-37-22-44(27-49(24-37)64(66,67)68)42-15-20-58-54(30-42)55-31-43(45-23-38(2)25-50(28-45)65(69,70)71)16-21-59(55)79(58)60-56(52-18-14-39(34-72)26-47(52)35-73)32-46(33-57(60)53-19-17-51(75-3)29-48(53)36-74)63-77-61(40-10-6-4-7-11-40)76-62(78-63)41-12-8-5-9-13-41/h4-33H,1-2H3. The lowest BCUT2D eigenvalue weighted by Gasteiger charge is -2.22. The number of fused-ring (bicyclic) bond motifs is 3. The Hall–Kier alpha value is -10.7. The maximum Gasteiger partial charge on any atom is 0.416 e. The number of hydrogen-bond donors (Lipinski definition) is 0. The van der Waals surface area contributed by atoms with E-state index >= 15 is 0 Å². The van der Waals surface area contributed by atoms with E-state index in [1.165, 1.54) is 12.1 Å². The summed E-state index contributed by atoms with van der Waals surface area (Å²) in [4.78, 5) is 18.6. The second kappa shape index (κ2) is 19.8. The van der Waals surface area contributed by atoms with E-state index in [2.05, 4.69) is 23.1 Å². The summed E-state index contributed by atoms with van der Waals surface area (Å²) in [5.74, 6) is 0.884. The lowest BCUT2D eigenvalue weighted by atomic mass is 9.88. The van der Waals surface area contributed by atoms with Crippen LogP contribution in [0.15, 0.2) is 182 Å². The molecule has 11 rings (SSSR count). The molecule has 0 amide bonds. The van der Waals surface area contributed by atoms with Gasteiger partial charge in [-0.2, -0.15) is 42.1 Å². The molecule has 0 saturated heterocycles. The predicted molar refractivity (Wildman–Crippen MR) is 292 cm³/mol. The highest BCUT2D eigenvalue weighted by Crippen LogP contribution is 2.47. The third-order valence-corrected chi connectivity index (χ3v) is 13.6. The van der Waals surface area contributed by atoms with Gasteiger partial charge in [-0.05, 0) is 132 Å². The number of aryl methyl sites for hydroxylation is 2. The third kappa shape index (κ3) is 9.57. The highest BCUT2D eigenvalue weighted by Gasteiger charge is 2.33. The van der Waals surface area contributed by atoms with Gasteiger partial charge in [-0.25, -0.2) is 19.8 Å². The van der Waals surface area contributed by atoms with E-state index in [4.69, 9.17) is 21.5 Å². The molecule has 0 unspecified atom stereocenters. The summed E-state index contributed by atoms with van der Waals surface area (Å²) in [5, 5.41) is 33.0. The average Bonchev–Trinajstić information content (AvgIpc) is 3.85. The van der Waals surface area contributed by atoms with Crippen LogP contribution in [0.2, 0.25) is 0 Å². The third-order valence-electron chi connectivity index (χ3n) is 13.6. The topological polar surface area (TPSA) is 119 Å². The molecule has 378 valence electrons. The number of halogens is 6. The predicted octanol–water partition coefficient (Wildman–Crippen LogP) is 17.5. The molecule has 2 aromatic heterocycles. The summed E-state index contributed by atoms with van der Waals surface area (Å²) in [5.41, 5.74) is 5.55. The number of rotatable bonds is 8. The molecule has 0 saturated carbocycles. The molecule has 11 aromatic rings. The molecular formula is C65H36F6N8. The lowest BCUT2D eigenvalue weighted by Crippen LogP contribution is -2.05. The second-order valence-corrected chi connectivity index (χ2v) is 18.9. The summed E-state index contributed by atoms with van der Waals surface area (Å²) < 4.78 is 88.2. The average molecular weight is 1040 g/mol. The molecule has 0 bridgehead atoms. The number of nitriles is 3. The minimum absolute atomic E-state index is 0.100. The van der Waals surface area contributed by atoms with E-state index in [9.17, 15) is 42.1 Å². The van der Waals surface area contributed by atoms with Crippen molar-refractivity contribution in [3.05, 3.63) is 232 Å². The molecule has 79 heavy (non-hydrogen) atoms. The fourth-order valence-electron chi connectivity index (χ4n) is 10.1. The highest BCUT2D eigenvalue weighted by atomic mass is 19.4. The van der Waals surface area contributed by atoms with Gasteiger partial charge >= 0.3 is 12.4 Å². The summed E-state index contributed by atoms with van der Waals surface area (Å²) in [7, 11) is 0. The van der Waals surface area contributed by atoms with Crippen molar-refractivity contribution >= 4 is 27.5 Å². The number of aromatic nitrogens is 4. The Morgan fingerprint density at radius 2 is 0.886 bits per heavy atom. The number of benzene rings is 9. The maximum atomic E-state index is 14.4. The summed E-state index contributed by atoms with van der Waals surface area (Å²) in [6.07, 6.45) is -9.32. The van der Waals surface area contributed by atoms with Crippen LogP contribution < -0.4 is 0 Å². The van der Waals surface area contributed by atoms with Crippen molar-refractivity contribution in [1.82, 2.24) is 19.5 Å². The zero-order valence-electron chi connectivity index (χ0n) is 41.7. The monoisotopic (exact) mass is 1040 g/mol. The van der Waals surface area contributed by atoms with Crippen LogP contribution in [-0.2, 0) is 12.4 Å². The van der Waals surface area contributed by atoms with Gasteiger partial charge in [-0.3, -0.25) is 0 Å². The first-order chi connectivity index (χ1) is 38.0. The van der Waals surface area contributed by atoms with E-state index < -0.39 is 23.5 Å². The van der Waals surface area contributed by atoms with Crippen LogP contribution in [0.25, 0.3) is 111 Å². The summed E-state index contributed by atoms with van der Waals surface area (Å²) >= 11 is 0. The van der Waals surface area contributed by atoms with Crippen LogP contribution >= 0.6 is 0 Å². The molecule has 14 heteroatoms. The maximum absolute atomic E-state index is 14.4. The van der Waals surface area contributed by atoms with Crippen LogP contribution in [0, 0.1) is 54.4 Å². The van der Waals surface area contributed by atoms with Gasteiger partial charge in [0.15, 0.2) is 23.2 Å². The van der Waals surface area contributed by atoms with Crippen molar-refractivity contribution in [2.24, 2.45) is 0 Å². The SMILES string of the molecule is [C-]#[N+]c1ccc(-c2cc(-c3nc(-c4ccccc4)nc(-c4ccccc4)n3)cc(-c3ccc(C#N)cc3C#N)c2-n2c3ccc(-c4cc(C)cc(C(F)(F)F)c4)cc3c3cc(-c4cc(C)cc(C(F)(F)F)c4)ccc32)c(C#N)c1. The molecule has 0 radical (unpaired) electrons. The molecule has 0 aliphatic heterocycles. The van der Waals surface area contributed by atoms with Crippen molar-refractivity contribution in [2.75, 3.05) is 0 Å². The number of nitrogens with zero attached hydrogens (tertiary/aromatic N) is 8. The second-order valence-electron chi connectivity index (χ2n) is 18.9. The van der Waals surface area contributed by atoms with Gasteiger partial charge in [-0.15, -0.1) is 0 Å². The molecule has 0 aliphatic carbocycles. The van der Waals surface area contributed by atoms with E-state index in [0.29, 0.717) is 100 Å². The molecule has 2 heterocycles. The Bertz CT molecular complexity index is 4200. The van der Waals surface area contributed by atoms with Gasteiger partial charge in [-0.1, -0.05) is 103 Å². The van der Waals surface area contributed by atoms with Crippen LogP contribution in [0.4, 0.5) is 32.0 Å². The van der Waals surface area contributed by atoms with E-state index in [1.807, 2.05) is 65.2 Å². The van der Waals surface area contributed by atoms with Gasteiger partial charge in [0.05, 0.1) is 63.8 Å². The number of alkyl halides is 6. The summed E-state index contributed by atoms with van der Waals surface area (Å²) in [6.45, 7) is 11.0. The van der Waals surface area contributed by atoms with E-state index in [0.717, 1.165) is 24.3 Å². The smallest absolute Gasteiger partial charge is 0.308 e.